The van der Waals surface area contributed by atoms with Crippen molar-refractivity contribution >= 4 is 39.5 Å². The number of carbonyl (C=O) groups excluding carboxylic acids is 1. The molecule has 0 spiro atoms. The van der Waals surface area contributed by atoms with Crippen LogP contribution in [0.1, 0.15) is 11.1 Å². The first kappa shape index (κ1) is 28.0. The Kier molecular flexibility index (Phi) is 8.71. The quantitative estimate of drug-likeness (QED) is 0.296. The summed E-state index contributed by atoms with van der Waals surface area (Å²) < 4.78 is 34.3. The third-order valence-corrected chi connectivity index (χ3v) is 8.63. The van der Waals surface area contributed by atoms with Gasteiger partial charge < -0.3 is 9.64 Å². The highest BCUT2D eigenvalue weighted by Crippen LogP contribution is 2.30. The van der Waals surface area contributed by atoms with Gasteiger partial charge in [0.25, 0.3) is 15.9 Å². The Bertz CT molecular complexity index is 1590. The maximum Gasteiger partial charge on any atom is 0.270 e. The van der Waals surface area contributed by atoms with E-state index >= 15 is 0 Å². The first-order chi connectivity index (χ1) is 20.0. The highest BCUT2D eigenvalue weighted by molar-refractivity contribution is 7.93. The molecule has 1 fully saturated rings. The van der Waals surface area contributed by atoms with Crippen molar-refractivity contribution in [3.63, 3.8) is 0 Å². The molecule has 210 valence electrons. The van der Waals surface area contributed by atoms with Crippen LogP contribution in [0, 0.1) is 0 Å². The van der Waals surface area contributed by atoms with Crippen LogP contribution in [0.5, 0.6) is 5.75 Å². The smallest absolute Gasteiger partial charge is 0.270 e. The number of aromatic nitrogens is 2. The lowest BCUT2D eigenvalue weighted by Gasteiger charge is -2.36. The largest absolute Gasteiger partial charge is 0.497 e. The van der Waals surface area contributed by atoms with Gasteiger partial charge in [0.1, 0.15) is 5.75 Å². The summed E-state index contributed by atoms with van der Waals surface area (Å²) in [5, 5.41) is 0. The molecule has 0 atom stereocenters. The van der Waals surface area contributed by atoms with Gasteiger partial charge in [0, 0.05) is 44.8 Å². The van der Waals surface area contributed by atoms with Crippen LogP contribution in [0.2, 0.25) is 0 Å². The second-order valence-corrected chi connectivity index (χ2v) is 11.3. The summed E-state index contributed by atoms with van der Waals surface area (Å²) >= 11 is 0. The molecule has 1 aliphatic heterocycles. The highest BCUT2D eigenvalue weighted by Gasteiger charge is 2.33. The van der Waals surface area contributed by atoms with Gasteiger partial charge in [-0.2, -0.15) is 0 Å². The number of anilines is 2. The molecular weight excluding hydrogens is 538 g/mol. The molecular formula is C31H31N5O4S. The molecule has 0 N–H and O–H groups in total. The Labute approximate surface area is 240 Å². The van der Waals surface area contributed by atoms with Crippen molar-refractivity contribution in [3.8, 4) is 5.75 Å². The lowest BCUT2D eigenvalue weighted by molar-refractivity contribution is -0.118. The number of benzene rings is 2. The zero-order valence-corrected chi connectivity index (χ0v) is 23.5. The molecule has 0 bridgehead atoms. The van der Waals surface area contributed by atoms with E-state index in [0.29, 0.717) is 37.5 Å². The number of nitrogens with zero attached hydrogens (tertiary/aromatic N) is 5. The number of ether oxygens (including phenoxy) is 1. The Morgan fingerprint density at radius 3 is 2.29 bits per heavy atom. The van der Waals surface area contributed by atoms with E-state index in [-0.39, 0.29) is 17.1 Å². The number of methoxy groups -OCH3 is 1. The highest BCUT2D eigenvalue weighted by atomic mass is 32.2. The van der Waals surface area contributed by atoms with Crippen LogP contribution in [0.3, 0.4) is 0 Å². The summed E-state index contributed by atoms with van der Waals surface area (Å²) in [4.78, 5) is 26.4. The van der Waals surface area contributed by atoms with Crippen LogP contribution in [0.25, 0.3) is 12.2 Å². The van der Waals surface area contributed by atoms with E-state index in [1.807, 2.05) is 47.5 Å². The number of para-hydroxylation sites is 1. The maximum absolute atomic E-state index is 14.1. The summed E-state index contributed by atoms with van der Waals surface area (Å²) in [6, 6.07) is 20.7. The summed E-state index contributed by atoms with van der Waals surface area (Å²) in [6.45, 7) is 2.59. The first-order valence-corrected chi connectivity index (χ1v) is 14.7. The molecule has 9 nitrogen and oxygen atoms in total. The van der Waals surface area contributed by atoms with E-state index in [2.05, 4.69) is 14.9 Å². The van der Waals surface area contributed by atoms with Gasteiger partial charge in [0.2, 0.25) is 0 Å². The van der Waals surface area contributed by atoms with Crippen LogP contribution in [0.15, 0.2) is 102 Å². The number of amides is 1. The van der Waals surface area contributed by atoms with Crippen LogP contribution >= 0.6 is 0 Å². The molecule has 0 radical (unpaired) electrons. The SMILES string of the molecule is COc1ccc(S(=O)(=O)N(C(=O)CN2CCN(c3cccnc3)CC2)c2ccccc2C=Cc2ccncc2)cc1. The Morgan fingerprint density at radius 2 is 1.61 bits per heavy atom. The number of hydrogen-bond donors (Lipinski definition) is 0. The average molecular weight is 570 g/mol. The van der Waals surface area contributed by atoms with Gasteiger partial charge in [-0.1, -0.05) is 30.4 Å². The number of sulfonamides is 1. The molecule has 4 aromatic rings. The van der Waals surface area contributed by atoms with Crippen LogP contribution in [0.4, 0.5) is 11.4 Å². The number of carbonyl (C=O) groups is 1. The molecule has 5 rings (SSSR count). The summed E-state index contributed by atoms with van der Waals surface area (Å²) in [5.74, 6) is -0.00518. The molecule has 10 heteroatoms. The molecule has 3 heterocycles. The van der Waals surface area contributed by atoms with Gasteiger partial charge in [-0.05, 0) is 65.7 Å². The van der Waals surface area contributed by atoms with E-state index < -0.39 is 15.9 Å². The monoisotopic (exact) mass is 569 g/mol. The molecule has 0 saturated carbocycles. The van der Waals surface area contributed by atoms with Crippen LogP contribution < -0.4 is 13.9 Å². The molecule has 2 aromatic heterocycles. The van der Waals surface area contributed by atoms with Gasteiger partial charge >= 0.3 is 0 Å². The Hall–Kier alpha value is -4.54. The first-order valence-electron chi connectivity index (χ1n) is 13.2. The minimum absolute atomic E-state index is 0.000892. The number of piperazine rings is 1. The molecule has 41 heavy (non-hydrogen) atoms. The third-order valence-electron chi connectivity index (χ3n) is 6.88. The van der Waals surface area contributed by atoms with E-state index in [4.69, 9.17) is 4.74 Å². The summed E-state index contributed by atoms with van der Waals surface area (Å²) in [7, 11) is -2.74. The van der Waals surface area contributed by atoms with Gasteiger partial charge in [-0.3, -0.25) is 19.7 Å². The molecule has 1 aliphatic rings. The maximum atomic E-state index is 14.1. The lowest BCUT2D eigenvalue weighted by atomic mass is 10.1. The standard InChI is InChI=1S/C31H31N5O4S/c1-40-28-10-12-29(13-11-28)41(38,39)36(30-7-3-2-5-26(30)9-8-25-14-17-32-18-15-25)31(37)24-34-19-21-35(22-20-34)27-6-4-16-33-23-27/h2-18,23H,19-22,24H2,1H3. The summed E-state index contributed by atoms with van der Waals surface area (Å²) in [6.07, 6.45) is 10.6. The third kappa shape index (κ3) is 6.62. The van der Waals surface area contributed by atoms with Crippen molar-refractivity contribution in [1.82, 2.24) is 14.9 Å². The number of hydrogen-bond acceptors (Lipinski definition) is 8. The molecule has 0 unspecified atom stereocenters. The van der Waals surface area contributed by atoms with Crippen molar-refractivity contribution in [1.29, 1.82) is 0 Å². The molecule has 1 saturated heterocycles. The van der Waals surface area contributed by atoms with Crippen molar-refractivity contribution in [2.45, 2.75) is 4.90 Å². The van der Waals surface area contributed by atoms with E-state index in [1.54, 1.807) is 55.0 Å². The Balaban J connectivity index is 1.45. The second-order valence-electron chi connectivity index (χ2n) is 9.49. The average Bonchev–Trinajstić information content (AvgIpc) is 3.02. The number of rotatable bonds is 9. The van der Waals surface area contributed by atoms with Gasteiger partial charge in [0.15, 0.2) is 0 Å². The van der Waals surface area contributed by atoms with Gasteiger partial charge in [0.05, 0.1) is 36.1 Å². The minimum atomic E-state index is -4.25. The van der Waals surface area contributed by atoms with Crippen molar-refractivity contribution in [2.24, 2.45) is 0 Å². The van der Waals surface area contributed by atoms with Crippen LogP contribution in [-0.2, 0) is 14.8 Å². The lowest BCUT2D eigenvalue weighted by Crippen LogP contribution is -2.51. The van der Waals surface area contributed by atoms with E-state index in [1.165, 1.54) is 19.2 Å². The van der Waals surface area contributed by atoms with Crippen molar-refractivity contribution in [3.05, 3.63) is 109 Å². The van der Waals surface area contributed by atoms with Crippen molar-refractivity contribution < 1.29 is 17.9 Å². The summed E-state index contributed by atoms with van der Waals surface area (Å²) in [5.41, 5.74) is 2.80. The van der Waals surface area contributed by atoms with E-state index in [0.717, 1.165) is 15.6 Å². The van der Waals surface area contributed by atoms with Gasteiger partial charge in [-0.25, -0.2) is 12.7 Å². The van der Waals surface area contributed by atoms with E-state index in [9.17, 15) is 13.2 Å². The van der Waals surface area contributed by atoms with Crippen LogP contribution in [-0.4, -0.2) is 69.0 Å². The minimum Gasteiger partial charge on any atom is -0.497 e. The predicted octanol–water partition coefficient (Wildman–Crippen LogP) is 4.20. The normalized spacial score (nSPS) is 14.2. The molecule has 0 aliphatic carbocycles. The van der Waals surface area contributed by atoms with Gasteiger partial charge in [-0.15, -0.1) is 0 Å². The Morgan fingerprint density at radius 1 is 0.878 bits per heavy atom. The van der Waals surface area contributed by atoms with Crippen molar-refractivity contribution in [2.75, 3.05) is 49.0 Å². The zero-order valence-electron chi connectivity index (χ0n) is 22.7. The fraction of sp³-hybridized carbons (Fsp3) is 0.194. The molecule has 1 amide bonds. The predicted molar refractivity (Wildman–Crippen MR) is 160 cm³/mol. The number of pyridine rings is 2. The fourth-order valence-electron chi connectivity index (χ4n) is 4.69. The zero-order chi connectivity index (χ0) is 28.7. The fourth-order valence-corrected chi connectivity index (χ4v) is 6.13. The molecule has 2 aromatic carbocycles. The second kappa shape index (κ2) is 12.8. The topological polar surface area (TPSA) is 95.9 Å².